The van der Waals surface area contributed by atoms with Crippen molar-refractivity contribution in [2.45, 2.75) is 31.3 Å². The molecule has 6 nitrogen and oxygen atoms in total. The molecule has 0 fully saturated rings. The van der Waals surface area contributed by atoms with E-state index in [4.69, 9.17) is 9.47 Å². The first-order valence-corrected chi connectivity index (χ1v) is 11.0. The fraction of sp³-hybridized carbons (Fsp3) is 0.304. The van der Waals surface area contributed by atoms with E-state index in [1.165, 1.54) is 11.8 Å². The van der Waals surface area contributed by atoms with Crippen LogP contribution in [-0.4, -0.2) is 29.4 Å². The zero-order valence-electron chi connectivity index (χ0n) is 17.0. The van der Waals surface area contributed by atoms with Crippen molar-refractivity contribution >= 4 is 28.6 Å². The normalized spacial score (nSPS) is 13.8. The molecule has 0 saturated carbocycles. The molecule has 1 amide bonds. The number of rotatable bonds is 6. The van der Waals surface area contributed by atoms with Gasteiger partial charge in [-0.05, 0) is 37.6 Å². The minimum absolute atomic E-state index is 0.0521. The Kier molecular flexibility index (Phi) is 5.99. The van der Waals surface area contributed by atoms with Crippen molar-refractivity contribution in [2.24, 2.45) is 0 Å². The average molecular weight is 425 g/mol. The van der Waals surface area contributed by atoms with Gasteiger partial charge < -0.3 is 19.4 Å². The highest BCUT2D eigenvalue weighted by Gasteiger charge is 2.16. The standard InChI is InChI=1S/C23H24N2O4S/c1-3-25-18-7-5-4-6-17(18)21(13-23(25)27)30-14-22(26)24-15(2)16-8-9-19-20(12-16)29-11-10-28-19/h4-9,12-13,15H,3,10-11,14H2,1-2H3,(H,24,26)/t15-/m0/s1. The molecule has 2 aromatic carbocycles. The molecule has 0 aliphatic carbocycles. The number of fused-ring (bicyclic) bond motifs is 2. The second-order valence-corrected chi connectivity index (χ2v) is 8.11. The Morgan fingerprint density at radius 2 is 1.90 bits per heavy atom. The number of thioether (sulfide) groups is 1. The molecule has 1 aromatic heterocycles. The molecule has 0 radical (unpaired) electrons. The Labute approximate surface area is 179 Å². The summed E-state index contributed by atoms with van der Waals surface area (Å²) in [6.45, 7) is 5.57. The van der Waals surface area contributed by atoms with E-state index in [1.807, 2.05) is 56.3 Å². The summed E-state index contributed by atoms with van der Waals surface area (Å²) in [5.74, 6) is 1.57. The number of hydrogen-bond donors (Lipinski definition) is 1. The first kappa shape index (κ1) is 20.3. The summed E-state index contributed by atoms with van der Waals surface area (Å²) in [5.41, 5.74) is 1.79. The van der Waals surface area contributed by atoms with Gasteiger partial charge in [-0.25, -0.2) is 0 Å². The minimum Gasteiger partial charge on any atom is -0.486 e. The lowest BCUT2D eigenvalue weighted by molar-refractivity contribution is -0.119. The van der Waals surface area contributed by atoms with Gasteiger partial charge in [0.1, 0.15) is 13.2 Å². The van der Waals surface area contributed by atoms with Crippen LogP contribution < -0.4 is 20.3 Å². The Bertz CT molecular complexity index is 1140. The fourth-order valence-corrected chi connectivity index (χ4v) is 4.47. The van der Waals surface area contributed by atoms with Gasteiger partial charge in [0.05, 0.1) is 17.3 Å². The van der Waals surface area contributed by atoms with Crippen LogP contribution in [0.4, 0.5) is 0 Å². The molecule has 2 heterocycles. The maximum atomic E-state index is 12.6. The molecule has 7 heteroatoms. The molecule has 0 spiro atoms. The van der Waals surface area contributed by atoms with Crippen molar-refractivity contribution in [1.29, 1.82) is 0 Å². The van der Waals surface area contributed by atoms with Crippen LogP contribution in [0.2, 0.25) is 0 Å². The smallest absolute Gasteiger partial charge is 0.252 e. The summed E-state index contributed by atoms with van der Waals surface area (Å²) < 4.78 is 12.9. The van der Waals surface area contributed by atoms with E-state index < -0.39 is 0 Å². The number of nitrogens with one attached hydrogen (secondary N) is 1. The molecule has 1 atom stereocenters. The number of pyridine rings is 1. The number of nitrogens with zero attached hydrogens (tertiary/aromatic N) is 1. The topological polar surface area (TPSA) is 69.6 Å². The Morgan fingerprint density at radius 3 is 2.70 bits per heavy atom. The quantitative estimate of drug-likeness (QED) is 0.610. The molecule has 0 saturated heterocycles. The third-order valence-corrected chi connectivity index (χ3v) is 6.15. The third kappa shape index (κ3) is 4.16. The van der Waals surface area contributed by atoms with Crippen LogP contribution in [0.15, 0.2) is 58.2 Å². The summed E-state index contributed by atoms with van der Waals surface area (Å²) in [4.78, 5) is 25.8. The number of carbonyl (C=O) groups excluding carboxylic acids is 1. The van der Waals surface area contributed by atoms with E-state index in [0.29, 0.717) is 25.5 Å². The predicted molar refractivity (Wildman–Crippen MR) is 119 cm³/mol. The van der Waals surface area contributed by atoms with Crippen LogP contribution >= 0.6 is 11.8 Å². The number of carbonyl (C=O) groups is 1. The van der Waals surface area contributed by atoms with Crippen molar-refractivity contribution in [2.75, 3.05) is 19.0 Å². The number of amides is 1. The van der Waals surface area contributed by atoms with Crippen LogP contribution in [0.3, 0.4) is 0 Å². The van der Waals surface area contributed by atoms with Gasteiger partial charge in [0.25, 0.3) is 5.56 Å². The minimum atomic E-state index is -0.168. The lowest BCUT2D eigenvalue weighted by atomic mass is 10.1. The Morgan fingerprint density at radius 1 is 1.13 bits per heavy atom. The second kappa shape index (κ2) is 8.83. The van der Waals surface area contributed by atoms with Crippen molar-refractivity contribution in [3.63, 3.8) is 0 Å². The molecular weight excluding hydrogens is 400 g/mol. The SMILES string of the molecule is CCn1c(=O)cc(SCC(=O)N[C@@H](C)c2ccc3c(c2)OCCO3)c2ccccc21. The Balaban J connectivity index is 1.45. The van der Waals surface area contributed by atoms with Crippen LogP contribution in [0.5, 0.6) is 11.5 Å². The maximum Gasteiger partial charge on any atom is 0.252 e. The highest BCUT2D eigenvalue weighted by atomic mass is 32.2. The van der Waals surface area contributed by atoms with Gasteiger partial charge >= 0.3 is 0 Å². The van der Waals surface area contributed by atoms with E-state index >= 15 is 0 Å². The summed E-state index contributed by atoms with van der Waals surface area (Å²) in [6, 6.07) is 15.0. The van der Waals surface area contributed by atoms with Crippen molar-refractivity contribution in [3.8, 4) is 11.5 Å². The van der Waals surface area contributed by atoms with E-state index in [2.05, 4.69) is 5.32 Å². The molecule has 0 bridgehead atoms. The number of benzene rings is 2. The predicted octanol–water partition coefficient (Wildman–Crippen LogP) is 3.76. The molecule has 4 rings (SSSR count). The zero-order valence-corrected chi connectivity index (χ0v) is 17.8. The summed E-state index contributed by atoms with van der Waals surface area (Å²) in [6.07, 6.45) is 0. The zero-order chi connectivity index (χ0) is 21.1. The number of aryl methyl sites for hydroxylation is 1. The number of hydrogen-bond acceptors (Lipinski definition) is 5. The van der Waals surface area contributed by atoms with Crippen molar-refractivity contribution in [3.05, 3.63) is 64.4 Å². The van der Waals surface area contributed by atoms with Crippen LogP contribution in [0.25, 0.3) is 10.9 Å². The van der Waals surface area contributed by atoms with Gasteiger partial charge in [-0.15, -0.1) is 11.8 Å². The number of para-hydroxylation sites is 1. The molecule has 1 aliphatic heterocycles. The number of aromatic nitrogens is 1. The van der Waals surface area contributed by atoms with Crippen molar-refractivity contribution < 1.29 is 14.3 Å². The molecule has 156 valence electrons. The summed E-state index contributed by atoms with van der Waals surface area (Å²) in [5, 5.41) is 4.00. The molecule has 0 unspecified atom stereocenters. The lowest BCUT2D eigenvalue weighted by Gasteiger charge is -2.21. The molecule has 30 heavy (non-hydrogen) atoms. The van der Waals surface area contributed by atoms with Gasteiger partial charge in [0.2, 0.25) is 5.91 Å². The van der Waals surface area contributed by atoms with Crippen LogP contribution in [0.1, 0.15) is 25.5 Å². The summed E-state index contributed by atoms with van der Waals surface area (Å²) >= 11 is 1.38. The highest BCUT2D eigenvalue weighted by molar-refractivity contribution is 8.00. The third-order valence-electron chi connectivity index (χ3n) is 5.10. The van der Waals surface area contributed by atoms with E-state index in [1.54, 1.807) is 10.6 Å². The first-order valence-electron chi connectivity index (χ1n) is 10.0. The van der Waals surface area contributed by atoms with Gasteiger partial charge in [-0.3, -0.25) is 9.59 Å². The van der Waals surface area contributed by atoms with Gasteiger partial charge in [-0.1, -0.05) is 24.3 Å². The molecule has 1 N–H and O–H groups in total. The Hall–Kier alpha value is -2.93. The van der Waals surface area contributed by atoms with Crippen LogP contribution in [-0.2, 0) is 11.3 Å². The average Bonchev–Trinajstić information content (AvgIpc) is 2.77. The fourth-order valence-electron chi connectivity index (χ4n) is 3.59. The van der Waals surface area contributed by atoms with Gasteiger partial charge in [0, 0.05) is 22.9 Å². The lowest BCUT2D eigenvalue weighted by Crippen LogP contribution is -2.28. The molecule has 3 aromatic rings. The van der Waals surface area contributed by atoms with E-state index in [-0.39, 0.29) is 23.3 Å². The van der Waals surface area contributed by atoms with Gasteiger partial charge in [0.15, 0.2) is 11.5 Å². The maximum absolute atomic E-state index is 12.6. The van der Waals surface area contributed by atoms with E-state index in [9.17, 15) is 9.59 Å². The molecule has 1 aliphatic rings. The monoisotopic (exact) mass is 424 g/mol. The molecular formula is C23H24N2O4S. The largest absolute Gasteiger partial charge is 0.486 e. The summed E-state index contributed by atoms with van der Waals surface area (Å²) in [7, 11) is 0. The second-order valence-electron chi connectivity index (χ2n) is 7.09. The van der Waals surface area contributed by atoms with Gasteiger partial charge in [-0.2, -0.15) is 0 Å². The number of ether oxygens (including phenoxy) is 2. The van der Waals surface area contributed by atoms with Crippen LogP contribution in [0, 0.1) is 0 Å². The van der Waals surface area contributed by atoms with Crippen molar-refractivity contribution in [1.82, 2.24) is 9.88 Å². The first-order chi connectivity index (χ1) is 14.6. The van der Waals surface area contributed by atoms with E-state index in [0.717, 1.165) is 27.1 Å². The highest BCUT2D eigenvalue weighted by Crippen LogP contribution is 2.32.